The van der Waals surface area contributed by atoms with Crippen molar-refractivity contribution in [1.82, 2.24) is 9.78 Å². The molecule has 0 fully saturated rings. The van der Waals surface area contributed by atoms with Gasteiger partial charge in [0, 0.05) is 23.1 Å². The fraction of sp³-hybridized carbons (Fsp3) is 0.500. The van der Waals surface area contributed by atoms with E-state index in [1.54, 1.807) is 0 Å². The van der Waals surface area contributed by atoms with Crippen molar-refractivity contribution in [1.29, 1.82) is 0 Å². The van der Waals surface area contributed by atoms with Crippen molar-refractivity contribution in [3.63, 3.8) is 0 Å². The minimum Gasteiger partial charge on any atom is -0.270 e. The molecule has 1 heterocycles. The lowest BCUT2D eigenvalue weighted by molar-refractivity contribution is 0.592. The van der Waals surface area contributed by atoms with Gasteiger partial charge < -0.3 is 0 Å². The molecule has 0 N–H and O–H groups in total. The van der Waals surface area contributed by atoms with Gasteiger partial charge in [-0.3, -0.25) is 4.68 Å². The SMILES string of the molecule is CS(=O)(=O)c1cnn(CCS(=O)(=O)Cl)c1. The summed E-state index contributed by atoms with van der Waals surface area (Å²) in [6.07, 6.45) is 3.47. The molecule has 0 spiro atoms. The van der Waals surface area contributed by atoms with Crippen LogP contribution >= 0.6 is 10.7 Å². The molecule has 0 aliphatic carbocycles. The summed E-state index contributed by atoms with van der Waals surface area (Å²) in [5, 5.41) is 3.70. The molecule has 1 aromatic heterocycles. The Hall–Kier alpha value is -0.600. The van der Waals surface area contributed by atoms with Gasteiger partial charge in [-0.2, -0.15) is 5.10 Å². The van der Waals surface area contributed by atoms with Crippen molar-refractivity contribution in [3.8, 4) is 0 Å². The van der Waals surface area contributed by atoms with Crippen LogP contribution in [0.2, 0.25) is 0 Å². The number of aromatic nitrogens is 2. The van der Waals surface area contributed by atoms with Crippen LogP contribution in [0, 0.1) is 0 Å². The molecule has 6 nitrogen and oxygen atoms in total. The summed E-state index contributed by atoms with van der Waals surface area (Å²) in [7, 11) is -1.90. The zero-order valence-electron chi connectivity index (χ0n) is 7.79. The van der Waals surface area contributed by atoms with E-state index in [0.29, 0.717) is 0 Å². The zero-order chi connectivity index (χ0) is 11.7. The molecule has 9 heteroatoms. The number of hydrogen-bond donors (Lipinski definition) is 0. The van der Waals surface area contributed by atoms with Gasteiger partial charge in [-0.25, -0.2) is 16.8 Å². The van der Waals surface area contributed by atoms with Crippen LogP contribution in [0.25, 0.3) is 0 Å². The van der Waals surface area contributed by atoms with E-state index >= 15 is 0 Å². The van der Waals surface area contributed by atoms with Crippen molar-refractivity contribution < 1.29 is 16.8 Å². The van der Waals surface area contributed by atoms with Gasteiger partial charge in [0.15, 0.2) is 9.84 Å². The lowest BCUT2D eigenvalue weighted by atomic mass is 10.7. The standard InChI is InChI=1S/C6H9ClN2O4S2/c1-14(10,11)6-4-8-9(5-6)2-3-15(7,12)13/h4-5H,2-3H2,1H3. The maximum Gasteiger partial charge on any atom is 0.234 e. The first-order valence-electron chi connectivity index (χ1n) is 3.83. The van der Waals surface area contributed by atoms with Gasteiger partial charge in [0.1, 0.15) is 4.90 Å². The Labute approximate surface area is 92.2 Å². The van der Waals surface area contributed by atoms with E-state index in [1.165, 1.54) is 10.9 Å². The average molecular weight is 273 g/mol. The molecule has 0 atom stereocenters. The fourth-order valence-corrected chi connectivity index (χ4v) is 2.02. The van der Waals surface area contributed by atoms with E-state index in [9.17, 15) is 16.8 Å². The Bertz CT molecular complexity index is 545. The number of nitrogens with zero attached hydrogens (tertiary/aromatic N) is 2. The Morgan fingerprint density at radius 1 is 1.40 bits per heavy atom. The minimum atomic E-state index is -3.59. The summed E-state index contributed by atoms with van der Waals surface area (Å²) in [6, 6.07) is 0. The molecular weight excluding hydrogens is 264 g/mol. The molecule has 15 heavy (non-hydrogen) atoms. The summed E-state index contributed by atoms with van der Waals surface area (Å²) in [5.74, 6) is -0.292. The Morgan fingerprint density at radius 3 is 2.40 bits per heavy atom. The Morgan fingerprint density at radius 2 is 2.00 bits per heavy atom. The Kier molecular flexibility index (Phi) is 3.41. The van der Waals surface area contributed by atoms with Crippen molar-refractivity contribution in [2.75, 3.05) is 12.0 Å². The highest BCUT2D eigenvalue weighted by atomic mass is 35.7. The maximum atomic E-state index is 11.0. The van der Waals surface area contributed by atoms with Gasteiger partial charge >= 0.3 is 0 Å². The number of hydrogen-bond acceptors (Lipinski definition) is 5. The molecule has 0 unspecified atom stereocenters. The third-order valence-electron chi connectivity index (χ3n) is 1.60. The molecule has 0 amide bonds. The summed E-state index contributed by atoms with van der Waals surface area (Å²) in [4.78, 5) is 0.0504. The van der Waals surface area contributed by atoms with Crippen LogP contribution in [-0.4, -0.2) is 38.6 Å². The van der Waals surface area contributed by atoms with Gasteiger partial charge in [-0.05, 0) is 0 Å². The Balaban J connectivity index is 2.79. The van der Waals surface area contributed by atoms with Gasteiger partial charge in [-0.15, -0.1) is 0 Å². The van der Waals surface area contributed by atoms with Crippen LogP contribution in [-0.2, 0) is 25.4 Å². The smallest absolute Gasteiger partial charge is 0.234 e. The summed E-state index contributed by atoms with van der Waals surface area (Å²) < 4.78 is 44.5. The van der Waals surface area contributed by atoms with E-state index < -0.39 is 18.9 Å². The molecule has 0 bridgehead atoms. The molecule has 1 rings (SSSR count). The first-order chi connectivity index (χ1) is 6.68. The first-order valence-corrected chi connectivity index (χ1v) is 8.20. The largest absolute Gasteiger partial charge is 0.270 e. The van der Waals surface area contributed by atoms with Crippen molar-refractivity contribution >= 4 is 29.6 Å². The zero-order valence-corrected chi connectivity index (χ0v) is 10.2. The second-order valence-electron chi connectivity index (χ2n) is 2.95. The predicted molar refractivity (Wildman–Crippen MR) is 55.0 cm³/mol. The van der Waals surface area contributed by atoms with Gasteiger partial charge in [0.2, 0.25) is 9.05 Å². The van der Waals surface area contributed by atoms with Crippen molar-refractivity contribution in [3.05, 3.63) is 12.4 Å². The molecule has 0 aliphatic rings. The van der Waals surface area contributed by atoms with Crippen molar-refractivity contribution in [2.45, 2.75) is 11.4 Å². The summed E-state index contributed by atoms with van der Waals surface area (Å²) >= 11 is 0. The van der Waals surface area contributed by atoms with Crippen LogP contribution in [0.3, 0.4) is 0 Å². The normalized spacial score (nSPS) is 12.9. The van der Waals surface area contributed by atoms with Crippen LogP contribution in [0.1, 0.15) is 0 Å². The highest BCUT2D eigenvalue weighted by Gasteiger charge is 2.11. The third kappa shape index (κ3) is 4.18. The van der Waals surface area contributed by atoms with Crippen LogP contribution in [0.4, 0.5) is 0 Å². The van der Waals surface area contributed by atoms with Crippen LogP contribution < -0.4 is 0 Å². The van der Waals surface area contributed by atoms with Crippen LogP contribution in [0.15, 0.2) is 17.3 Å². The van der Waals surface area contributed by atoms with E-state index in [4.69, 9.17) is 10.7 Å². The van der Waals surface area contributed by atoms with E-state index in [1.807, 2.05) is 0 Å². The number of sulfone groups is 1. The molecular formula is C6H9ClN2O4S2. The minimum absolute atomic E-state index is 0.0291. The molecule has 0 saturated carbocycles. The predicted octanol–water partition coefficient (Wildman–Crippen LogP) is -0.145. The molecule has 0 radical (unpaired) electrons. The monoisotopic (exact) mass is 272 g/mol. The second-order valence-corrected chi connectivity index (χ2v) is 7.87. The van der Waals surface area contributed by atoms with E-state index in [2.05, 4.69) is 5.10 Å². The third-order valence-corrected chi connectivity index (χ3v) is 3.80. The number of halogens is 1. The van der Waals surface area contributed by atoms with Crippen LogP contribution in [0.5, 0.6) is 0 Å². The van der Waals surface area contributed by atoms with Gasteiger partial charge in [0.25, 0.3) is 0 Å². The van der Waals surface area contributed by atoms with Gasteiger partial charge in [-0.1, -0.05) is 0 Å². The molecule has 86 valence electrons. The maximum absolute atomic E-state index is 11.0. The van der Waals surface area contributed by atoms with Crippen molar-refractivity contribution in [2.24, 2.45) is 0 Å². The van der Waals surface area contributed by atoms with Gasteiger partial charge in [0.05, 0.1) is 18.5 Å². The summed E-state index contributed by atoms with van der Waals surface area (Å²) in [5.41, 5.74) is 0. The lowest BCUT2D eigenvalue weighted by Crippen LogP contribution is -2.08. The molecule has 0 saturated heterocycles. The van der Waals surface area contributed by atoms with E-state index in [-0.39, 0.29) is 17.2 Å². The number of aryl methyl sites for hydroxylation is 1. The average Bonchev–Trinajstić information content (AvgIpc) is 2.45. The quantitative estimate of drug-likeness (QED) is 0.712. The second kappa shape index (κ2) is 4.11. The fourth-order valence-electron chi connectivity index (χ4n) is 0.861. The molecule has 0 aliphatic heterocycles. The van der Waals surface area contributed by atoms with E-state index in [0.717, 1.165) is 12.5 Å². The lowest BCUT2D eigenvalue weighted by Gasteiger charge is -1.97. The molecule has 0 aromatic carbocycles. The highest BCUT2D eigenvalue weighted by Crippen LogP contribution is 2.07. The highest BCUT2D eigenvalue weighted by molar-refractivity contribution is 8.13. The topological polar surface area (TPSA) is 86.1 Å². The molecule has 1 aromatic rings. The summed E-state index contributed by atoms with van der Waals surface area (Å²) in [6.45, 7) is 0.0291. The number of rotatable bonds is 4. The first kappa shape index (κ1) is 12.5.